The van der Waals surface area contributed by atoms with Gasteiger partial charge in [-0.15, -0.1) is 0 Å². The lowest BCUT2D eigenvalue weighted by atomic mass is 10.1. The van der Waals surface area contributed by atoms with Crippen LogP contribution in [0, 0.1) is 0 Å². The average molecular weight is 247 g/mol. The van der Waals surface area contributed by atoms with Crippen LogP contribution in [0.3, 0.4) is 0 Å². The van der Waals surface area contributed by atoms with E-state index in [1.807, 2.05) is 24.4 Å². The van der Waals surface area contributed by atoms with E-state index < -0.39 is 0 Å². The third kappa shape index (κ3) is 1.48. The number of pyridine rings is 2. The van der Waals surface area contributed by atoms with Crippen LogP contribution in [0.5, 0.6) is 0 Å². The molecule has 0 saturated carbocycles. The lowest BCUT2D eigenvalue weighted by molar-refractivity contribution is 1.22. The second kappa shape index (κ2) is 3.84. The first kappa shape index (κ1) is 10.1. The van der Waals surface area contributed by atoms with E-state index in [4.69, 9.17) is 0 Å². The van der Waals surface area contributed by atoms with Gasteiger partial charge in [-0.1, -0.05) is 0 Å². The van der Waals surface area contributed by atoms with Gasteiger partial charge in [0.05, 0.1) is 0 Å². The molecule has 4 heterocycles. The molecule has 0 unspecified atom stereocenters. The summed E-state index contributed by atoms with van der Waals surface area (Å²) in [5.74, 6) is 0. The molecule has 5 nitrogen and oxygen atoms in total. The van der Waals surface area contributed by atoms with Crippen molar-refractivity contribution in [2.75, 3.05) is 0 Å². The Kier molecular flexibility index (Phi) is 2.05. The lowest BCUT2D eigenvalue weighted by Crippen LogP contribution is -1.89. The van der Waals surface area contributed by atoms with E-state index in [2.05, 4.69) is 24.9 Å². The highest BCUT2D eigenvalue weighted by Gasteiger charge is 2.11. The molecule has 0 aliphatic heterocycles. The van der Waals surface area contributed by atoms with Gasteiger partial charge in [0.25, 0.3) is 0 Å². The molecular formula is C14H9N5. The zero-order valence-corrected chi connectivity index (χ0v) is 9.91. The molecule has 1 N–H and O–H groups in total. The molecule has 0 spiro atoms. The second-order valence-corrected chi connectivity index (χ2v) is 4.19. The van der Waals surface area contributed by atoms with Crippen LogP contribution < -0.4 is 0 Å². The average Bonchev–Trinajstić information content (AvgIpc) is 2.90. The minimum Gasteiger partial charge on any atom is -0.346 e. The zero-order chi connectivity index (χ0) is 12.7. The number of H-pyrrole nitrogens is 1. The third-order valence-corrected chi connectivity index (χ3v) is 3.11. The number of hydrogen-bond acceptors (Lipinski definition) is 4. The molecule has 4 aromatic rings. The van der Waals surface area contributed by atoms with Crippen LogP contribution in [0.1, 0.15) is 0 Å². The van der Waals surface area contributed by atoms with Crippen LogP contribution in [0.25, 0.3) is 33.3 Å². The van der Waals surface area contributed by atoms with E-state index in [1.165, 1.54) is 0 Å². The topological polar surface area (TPSA) is 67.3 Å². The van der Waals surface area contributed by atoms with Crippen molar-refractivity contribution in [3.05, 3.63) is 49.2 Å². The molecule has 0 radical (unpaired) electrons. The molecule has 0 aliphatic rings. The Morgan fingerprint density at radius 3 is 2.68 bits per heavy atom. The summed E-state index contributed by atoms with van der Waals surface area (Å²) in [7, 11) is 0. The molecule has 0 aromatic carbocycles. The van der Waals surface area contributed by atoms with Crippen LogP contribution in [0.2, 0.25) is 0 Å². The van der Waals surface area contributed by atoms with Crippen LogP contribution >= 0.6 is 0 Å². The third-order valence-electron chi connectivity index (χ3n) is 3.11. The summed E-state index contributed by atoms with van der Waals surface area (Å²) in [6.45, 7) is 0. The number of hydrogen-bond donors (Lipinski definition) is 1. The first-order chi connectivity index (χ1) is 9.43. The standard InChI is InChI=1S/C14H9N5/c1-2-10-11(8-19-13(10)16-4-1)9-3-5-17-14-12(9)15-6-7-18-14/h1-8H,(H,16,19). The van der Waals surface area contributed by atoms with Gasteiger partial charge in [0.1, 0.15) is 11.2 Å². The van der Waals surface area contributed by atoms with Gasteiger partial charge in [-0.05, 0) is 18.2 Å². The number of nitrogens with zero attached hydrogens (tertiary/aromatic N) is 4. The van der Waals surface area contributed by atoms with Crippen LogP contribution in [0.15, 0.2) is 49.2 Å². The van der Waals surface area contributed by atoms with Crippen molar-refractivity contribution >= 4 is 22.2 Å². The number of aromatic nitrogens is 5. The molecule has 0 fully saturated rings. The number of nitrogens with one attached hydrogen (secondary N) is 1. The first-order valence-electron chi connectivity index (χ1n) is 5.92. The minimum atomic E-state index is 0.651. The molecule has 0 atom stereocenters. The van der Waals surface area contributed by atoms with Gasteiger partial charge >= 0.3 is 0 Å². The van der Waals surface area contributed by atoms with Crippen molar-refractivity contribution in [1.29, 1.82) is 0 Å². The van der Waals surface area contributed by atoms with Gasteiger partial charge in [0, 0.05) is 47.5 Å². The fourth-order valence-electron chi connectivity index (χ4n) is 2.27. The largest absolute Gasteiger partial charge is 0.346 e. The number of rotatable bonds is 1. The Morgan fingerprint density at radius 1 is 0.789 bits per heavy atom. The molecule has 5 heteroatoms. The van der Waals surface area contributed by atoms with Gasteiger partial charge < -0.3 is 4.98 Å². The van der Waals surface area contributed by atoms with Gasteiger partial charge in [0.2, 0.25) is 0 Å². The van der Waals surface area contributed by atoms with Crippen molar-refractivity contribution in [3.63, 3.8) is 0 Å². The van der Waals surface area contributed by atoms with Gasteiger partial charge in [-0.25, -0.2) is 15.0 Å². The van der Waals surface area contributed by atoms with Crippen LogP contribution in [-0.2, 0) is 0 Å². The van der Waals surface area contributed by atoms with Crippen molar-refractivity contribution in [3.8, 4) is 11.1 Å². The summed E-state index contributed by atoms with van der Waals surface area (Å²) in [6, 6.07) is 5.91. The molecule has 90 valence electrons. The highest BCUT2D eigenvalue weighted by atomic mass is 14.9. The van der Waals surface area contributed by atoms with Crippen molar-refractivity contribution in [2.45, 2.75) is 0 Å². The Balaban J connectivity index is 2.10. The summed E-state index contributed by atoms with van der Waals surface area (Å²) in [5, 5.41) is 1.07. The summed E-state index contributed by atoms with van der Waals surface area (Å²) in [4.78, 5) is 20.3. The van der Waals surface area contributed by atoms with E-state index in [-0.39, 0.29) is 0 Å². The van der Waals surface area contributed by atoms with Crippen molar-refractivity contribution < 1.29 is 0 Å². The maximum atomic E-state index is 4.38. The van der Waals surface area contributed by atoms with E-state index in [0.717, 1.165) is 27.7 Å². The molecule has 0 saturated heterocycles. The highest BCUT2D eigenvalue weighted by molar-refractivity contribution is 6.00. The van der Waals surface area contributed by atoms with E-state index in [0.29, 0.717) is 5.65 Å². The first-order valence-corrected chi connectivity index (χ1v) is 5.92. The molecule has 4 aromatic heterocycles. The molecule has 19 heavy (non-hydrogen) atoms. The molecule has 0 bridgehead atoms. The lowest BCUT2D eigenvalue weighted by Gasteiger charge is -2.02. The molecule has 0 aliphatic carbocycles. The predicted molar refractivity (Wildman–Crippen MR) is 72.4 cm³/mol. The van der Waals surface area contributed by atoms with Crippen molar-refractivity contribution in [1.82, 2.24) is 24.9 Å². The van der Waals surface area contributed by atoms with Gasteiger partial charge in [0.15, 0.2) is 5.65 Å². The Bertz CT molecular complexity index is 876. The SMILES string of the molecule is c1cnc2[nH]cc(-c3ccnc4nccnc34)c2c1. The van der Waals surface area contributed by atoms with Gasteiger partial charge in [-0.3, -0.25) is 4.98 Å². The number of fused-ring (bicyclic) bond motifs is 2. The molecule has 0 amide bonds. The normalized spacial score (nSPS) is 11.2. The monoisotopic (exact) mass is 247 g/mol. The van der Waals surface area contributed by atoms with Gasteiger partial charge in [-0.2, -0.15) is 0 Å². The second-order valence-electron chi connectivity index (χ2n) is 4.19. The Morgan fingerprint density at radius 2 is 1.68 bits per heavy atom. The van der Waals surface area contributed by atoms with E-state index >= 15 is 0 Å². The quantitative estimate of drug-likeness (QED) is 0.561. The minimum absolute atomic E-state index is 0.651. The fourth-order valence-corrected chi connectivity index (χ4v) is 2.27. The fraction of sp³-hybridized carbons (Fsp3) is 0. The summed E-state index contributed by atoms with van der Waals surface area (Å²) < 4.78 is 0. The summed E-state index contributed by atoms with van der Waals surface area (Å²) in [5.41, 5.74) is 4.40. The summed E-state index contributed by atoms with van der Waals surface area (Å²) >= 11 is 0. The zero-order valence-electron chi connectivity index (χ0n) is 9.91. The van der Waals surface area contributed by atoms with Crippen LogP contribution in [-0.4, -0.2) is 24.9 Å². The molecule has 4 rings (SSSR count). The predicted octanol–water partition coefficient (Wildman–Crippen LogP) is 2.57. The maximum absolute atomic E-state index is 4.38. The van der Waals surface area contributed by atoms with E-state index in [1.54, 1.807) is 24.8 Å². The van der Waals surface area contributed by atoms with Crippen LogP contribution in [0.4, 0.5) is 0 Å². The Hall–Kier alpha value is -2.82. The molecular weight excluding hydrogens is 238 g/mol. The maximum Gasteiger partial charge on any atom is 0.178 e. The summed E-state index contributed by atoms with van der Waals surface area (Å²) in [6.07, 6.45) is 8.80. The highest BCUT2D eigenvalue weighted by Crippen LogP contribution is 2.30. The van der Waals surface area contributed by atoms with E-state index in [9.17, 15) is 0 Å². The van der Waals surface area contributed by atoms with Crippen molar-refractivity contribution in [2.24, 2.45) is 0 Å². The number of aromatic amines is 1. The Labute approximate surface area is 108 Å². The smallest absolute Gasteiger partial charge is 0.178 e.